The lowest BCUT2D eigenvalue weighted by atomic mass is 10.1. The monoisotopic (exact) mass is 144 g/mol. The Balaban J connectivity index is 2.46. The van der Waals surface area contributed by atoms with Crippen LogP contribution >= 0.6 is 0 Å². The first-order valence-electron chi connectivity index (χ1n) is 3.32. The quantitative estimate of drug-likeness (QED) is 0.456. The smallest absolute Gasteiger partial charge is 0.324 e. The number of nitrogens with one attached hydrogen (secondary N) is 1. The summed E-state index contributed by atoms with van der Waals surface area (Å²) in [5, 5.41) is 2.96. The Kier molecular flexibility index (Phi) is 2.24. The Morgan fingerprint density at radius 2 is 2.50 bits per heavy atom. The van der Waals surface area contributed by atoms with Gasteiger partial charge in [-0.25, -0.2) is 0 Å². The molecule has 0 aromatic heterocycles. The molecule has 58 valence electrons. The van der Waals surface area contributed by atoms with E-state index < -0.39 is 0 Å². The molecular weight excluding hydrogens is 132 g/mol. The zero-order valence-electron chi connectivity index (χ0n) is 5.96. The highest BCUT2D eigenvalue weighted by atomic mass is 16.5. The van der Waals surface area contributed by atoms with Gasteiger partial charge in [0.2, 0.25) is 0 Å². The fourth-order valence-electron chi connectivity index (χ4n) is 1.11. The number of rotatable bonds is 1. The van der Waals surface area contributed by atoms with Crippen LogP contribution in [0.4, 0.5) is 0 Å². The molecule has 3 N–H and O–H groups in total. The van der Waals surface area contributed by atoms with E-state index in [1.54, 1.807) is 0 Å². The Hall–Kier alpha value is -0.610. The van der Waals surface area contributed by atoms with Gasteiger partial charge in [-0.05, 0) is 13.0 Å². The summed E-state index contributed by atoms with van der Waals surface area (Å²) >= 11 is 0. The van der Waals surface area contributed by atoms with E-state index in [1.165, 1.54) is 7.11 Å². The molecule has 2 atom stereocenters. The van der Waals surface area contributed by atoms with Gasteiger partial charge in [0.25, 0.3) is 0 Å². The first-order valence-corrected chi connectivity index (χ1v) is 3.32. The molecule has 0 aromatic carbocycles. The molecule has 10 heavy (non-hydrogen) atoms. The van der Waals surface area contributed by atoms with Crippen molar-refractivity contribution >= 4 is 5.97 Å². The number of hydrogen-bond donors (Lipinski definition) is 2. The van der Waals surface area contributed by atoms with Crippen molar-refractivity contribution in [3.63, 3.8) is 0 Å². The average molecular weight is 144 g/mol. The average Bonchev–Trinajstić information content (AvgIpc) is 2.34. The molecule has 4 nitrogen and oxygen atoms in total. The maximum Gasteiger partial charge on any atom is 0.324 e. The number of carbonyl (C=O) groups excluding carboxylic acids is 1. The van der Waals surface area contributed by atoms with E-state index in [4.69, 9.17) is 5.73 Å². The Morgan fingerprint density at radius 1 is 1.80 bits per heavy atom. The zero-order valence-corrected chi connectivity index (χ0v) is 5.96. The number of carbonyl (C=O) groups is 1. The molecule has 1 saturated heterocycles. The van der Waals surface area contributed by atoms with Crippen molar-refractivity contribution in [3.8, 4) is 0 Å². The number of ether oxygens (including phenoxy) is 1. The van der Waals surface area contributed by atoms with Crippen LogP contribution in [0.25, 0.3) is 0 Å². The molecular formula is C6H12N2O2. The number of hydrogen-bond acceptors (Lipinski definition) is 4. The van der Waals surface area contributed by atoms with Crippen LogP contribution in [0.3, 0.4) is 0 Å². The van der Waals surface area contributed by atoms with Crippen molar-refractivity contribution < 1.29 is 9.53 Å². The normalized spacial score (nSPS) is 32.2. The third-order valence-electron chi connectivity index (χ3n) is 1.73. The van der Waals surface area contributed by atoms with Gasteiger partial charge in [-0.3, -0.25) is 4.79 Å². The van der Waals surface area contributed by atoms with E-state index in [1.807, 2.05) is 0 Å². The Morgan fingerprint density at radius 3 is 2.90 bits per heavy atom. The molecule has 0 bridgehead atoms. The van der Waals surface area contributed by atoms with Crippen LogP contribution in [0.2, 0.25) is 0 Å². The van der Waals surface area contributed by atoms with Gasteiger partial charge in [0, 0.05) is 6.04 Å². The summed E-state index contributed by atoms with van der Waals surface area (Å²) in [5.41, 5.74) is 5.59. The van der Waals surface area contributed by atoms with E-state index in [0.29, 0.717) is 0 Å². The lowest BCUT2D eigenvalue weighted by molar-refractivity contribution is -0.142. The van der Waals surface area contributed by atoms with Crippen LogP contribution in [0, 0.1) is 0 Å². The predicted molar refractivity (Wildman–Crippen MR) is 36.4 cm³/mol. The highest BCUT2D eigenvalue weighted by Crippen LogP contribution is 2.04. The molecule has 2 unspecified atom stereocenters. The van der Waals surface area contributed by atoms with Gasteiger partial charge in [-0.15, -0.1) is 0 Å². The number of esters is 1. The first-order chi connectivity index (χ1) is 4.75. The molecule has 0 aromatic rings. The van der Waals surface area contributed by atoms with Gasteiger partial charge < -0.3 is 15.8 Å². The molecule has 4 heteroatoms. The third kappa shape index (κ3) is 1.27. The van der Waals surface area contributed by atoms with E-state index in [-0.39, 0.29) is 18.1 Å². The first kappa shape index (κ1) is 7.50. The van der Waals surface area contributed by atoms with Crippen molar-refractivity contribution in [1.29, 1.82) is 0 Å². The summed E-state index contributed by atoms with van der Waals surface area (Å²) in [4.78, 5) is 10.9. The summed E-state index contributed by atoms with van der Waals surface area (Å²) < 4.78 is 4.52. The minimum absolute atomic E-state index is 0.0764. The second-order valence-electron chi connectivity index (χ2n) is 2.41. The highest BCUT2D eigenvalue weighted by Gasteiger charge is 2.30. The Labute approximate surface area is 59.7 Å². The minimum Gasteiger partial charge on any atom is -0.468 e. The van der Waals surface area contributed by atoms with Gasteiger partial charge in [0.1, 0.15) is 6.04 Å². The minimum atomic E-state index is -0.287. The van der Waals surface area contributed by atoms with E-state index in [9.17, 15) is 4.79 Å². The van der Waals surface area contributed by atoms with Gasteiger partial charge in [0.15, 0.2) is 0 Å². The van der Waals surface area contributed by atoms with Gasteiger partial charge in [-0.2, -0.15) is 0 Å². The maximum atomic E-state index is 10.9. The third-order valence-corrected chi connectivity index (χ3v) is 1.73. The zero-order chi connectivity index (χ0) is 7.56. The molecule has 0 spiro atoms. The maximum absolute atomic E-state index is 10.9. The molecule has 1 heterocycles. The molecule has 1 rings (SSSR count). The van der Waals surface area contributed by atoms with Crippen LogP contribution in [0.5, 0.6) is 0 Å². The molecule has 0 amide bonds. The van der Waals surface area contributed by atoms with Crippen LogP contribution in [0.15, 0.2) is 0 Å². The molecule has 0 aliphatic carbocycles. The fraction of sp³-hybridized carbons (Fsp3) is 0.833. The fourth-order valence-corrected chi connectivity index (χ4v) is 1.11. The molecule has 0 saturated carbocycles. The molecule has 1 aliphatic rings. The van der Waals surface area contributed by atoms with Crippen molar-refractivity contribution in [3.05, 3.63) is 0 Å². The summed E-state index contributed by atoms with van der Waals surface area (Å²) in [6, 6.07) is -0.363. The summed E-state index contributed by atoms with van der Waals surface area (Å²) in [6.07, 6.45) is 0.847. The largest absolute Gasteiger partial charge is 0.468 e. The molecule has 1 fully saturated rings. The van der Waals surface area contributed by atoms with Crippen LogP contribution in [-0.4, -0.2) is 31.7 Å². The van der Waals surface area contributed by atoms with Crippen LogP contribution in [-0.2, 0) is 9.53 Å². The standard InChI is InChI=1S/C6H12N2O2/c1-10-6(9)5-4(7)2-3-8-5/h4-5,8H,2-3,7H2,1H3. The van der Waals surface area contributed by atoms with E-state index >= 15 is 0 Å². The van der Waals surface area contributed by atoms with Gasteiger partial charge >= 0.3 is 5.97 Å². The number of methoxy groups -OCH3 is 1. The Bertz CT molecular complexity index is 138. The van der Waals surface area contributed by atoms with Crippen molar-refractivity contribution in [1.82, 2.24) is 5.32 Å². The lowest BCUT2D eigenvalue weighted by Gasteiger charge is -2.11. The highest BCUT2D eigenvalue weighted by molar-refractivity contribution is 5.77. The van der Waals surface area contributed by atoms with Crippen LogP contribution < -0.4 is 11.1 Å². The van der Waals surface area contributed by atoms with Crippen molar-refractivity contribution in [2.45, 2.75) is 18.5 Å². The van der Waals surface area contributed by atoms with Gasteiger partial charge in [-0.1, -0.05) is 0 Å². The van der Waals surface area contributed by atoms with Crippen LogP contribution in [0.1, 0.15) is 6.42 Å². The molecule has 0 radical (unpaired) electrons. The van der Waals surface area contributed by atoms with Crippen molar-refractivity contribution in [2.75, 3.05) is 13.7 Å². The van der Waals surface area contributed by atoms with Crippen molar-refractivity contribution in [2.24, 2.45) is 5.73 Å². The van der Waals surface area contributed by atoms with E-state index in [0.717, 1.165) is 13.0 Å². The van der Waals surface area contributed by atoms with E-state index in [2.05, 4.69) is 10.1 Å². The topological polar surface area (TPSA) is 64.3 Å². The summed E-state index contributed by atoms with van der Waals surface area (Å²) in [7, 11) is 1.37. The second-order valence-corrected chi connectivity index (χ2v) is 2.41. The lowest BCUT2D eigenvalue weighted by Crippen LogP contribution is -2.43. The summed E-state index contributed by atoms with van der Waals surface area (Å²) in [5.74, 6) is -0.259. The molecule has 1 aliphatic heterocycles. The van der Waals surface area contributed by atoms with Gasteiger partial charge in [0.05, 0.1) is 7.11 Å². The predicted octanol–water partition coefficient (Wildman–Crippen LogP) is -1.15. The second kappa shape index (κ2) is 2.98. The number of nitrogens with two attached hydrogens (primary N) is 1. The SMILES string of the molecule is COC(=O)C1NCCC1N. The summed E-state index contributed by atoms with van der Waals surface area (Å²) in [6.45, 7) is 0.806.